The second-order valence-electron chi connectivity index (χ2n) is 5.25. The molecule has 1 saturated heterocycles. The maximum absolute atomic E-state index is 12.7. The molecule has 0 aliphatic carbocycles. The Morgan fingerprint density at radius 2 is 1.96 bits per heavy atom. The first-order valence-electron chi connectivity index (χ1n) is 7.14. The van der Waals surface area contributed by atoms with Gasteiger partial charge in [-0.3, -0.25) is 9.69 Å². The van der Waals surface area contributed by atoms with Crippen LogP contribution < -0.4 is 4.90 Å². The number of carbonyl (C=O) groups excluding carboxylic acids is 1. The van der Waals surface area contributed by atoms with E-state index in [1.54, 1.807) is 24.3 Å². The minimum absolute atomic E-state index is 0.151. The van der Waals surface area contributed by atoms with Crippen LogP contribution in [0.4, 0.5) is 5.69 Å². The van der Waals surface area contributed by atoms with Crippen molar-refractivity contribution in [1.29, 1.82) is 0 Å². The molecule has 4 nitrogen and oxygen atoms in total. The van der Waals surface area contributed by atoms with E-state index in [0.29, 0.717) is 20.5 Å². The second-order valence-corrected chi connectivity index (χ2v) is 6.92. The largest absolute Gasteiger partial charge is 0.478 e. The number of thioether (sulfide) groups is 1. The van der Waals surface area contributed by atoms with Crippen molar-refractivity contribution >= 4 is 51.9 Å². The number of carbonyl (C=O) groups is 2. The highest BCUT2D eigenvalue weighted by Gasteiger charge is 2.33. The second kappa shape index (κ2) is 6.59. The summed E-state index contributed by atoms with van der Waals surface area (Å²) in [5.74, 6) is -1.27. The number of aryl methyl sites for hydroxylation is 1. The molecular weight excluding hydrogens is 342 g/mol. The van der Waals surface area contributed by atoms with Crippen LogP contribution >= 0.6 is 24.0 Å². The van der Waals surface area contributed by atoms with Gasteiger partial charge in [0.15, 0.2) is 4.32 Å². The van der Waals surface area contributed by atoms with Crippen LogP contribution in [0, 0.1) is 6.92 Å². The zero-order valence-corrected chi connectivity index (χ0v) is 14.4. The van der Waals surface area contributed by atoms with E-state index in [9.17, 15) is 14.7 Å². The molecule has 0 unspecified atom stereocenters. The highest BCUT2D eigenvalue weighted by molar-refractivity contribution is 8.27. The molecule has 1 aliphatic heterocycles. The number of hydrogen-bond acceptors (Lipinski definition) is 4. The summed E-state index contributed by atoms with van der Waals surface area (Å²) in [6, 6.07) is 14.1. The van der Waals surface area contributed by atoms with Crippen molar-refractivity contribution < 1.29 is 14.7 Å². The molecule has 2 aromatic rings. The van der Waals surface area contributed by atoms with E-state index >= 15 is 0 Å². The molecule has 1 fully saturated rings. The third-order valence-corrected chi connectivity index (χ3v) is 4.83. The van der Waals surface area contributed by atoms with Crippen molar-refractivity contribution in [3.8, 4) is 0 Å². The predicted octanol–water partition coefficient (Wildman–Crippen LogP) is 4.10. The molecule has 0 radical (unpaired) electrons. The van der Waals surface area contributed by atoms with Crippen LogP contribution in [-0.4, -0.2) is 21.3 Å². The number of carboxylic acid groups (broad SMARTS) is 1. The molecule has 1 aliphatic rings. The van der Waals surface area contributed by atoms with Crippen molar-refractivity contribution in [2.75, 3.05) is 4.90 Å². The van der Waals surface area contributed by atoms with E-state index < -0.39 is 5.97 Å². The van der Waals surface area contributed by atoms with Gasteiger partial charge in [-0.25, -0.2) is 4.79 Å². The summed E-state index contributed by atoms with van der Waals surface area (Å²) in [4.78, 5) is 25.9. The third kappa shape index (κ3) is 3.11. The van der Waals surface area contributed by atoms with E-state index in [1.165, 1.54) is 22.7 Å². The van der Waals surface area contributed by atoms with Crippen molar-refractivity contribution in [3.63, 3.8) is 0 Å². The summed E-state index contributed by atoms with van der Waals surface area (Å²) in [7, 11) is 0. The maximum atomic E-state index is 12.7. The normalized spacial score (nSPS) is 16.0. The average molecular weight is 355 g/mol. The Labute approximate surface area is 148 Å². The fourth-order valence-electron chi connectivity index (χ4n) is 2.42. The summed E-state index contributed by atoms with van der Waals surface area (Å²) >= 11 is 6.51. The van der Waals surface area contributed by atoms with Gasteiger partial charge in [0, 0.05) is 0 Å². The Bertz CT molecular complexity index is 889. The van der Waals surface area contributed by atoms with Crippen LogP contribution in [0.1, 0.15) is 21.5 Å². The van der Waals surface area contributed by atoms with Crippen molar-refractivity contribution in [2.24, 2.45) is 0 Å². The number of rotatable bonds is 3. The monoisotopic (exact) mass is 355 g/mol. The zero-order valence-electron chi connectivity index (χ0n) is 12.7. The van der Waals surface area contributed by atoms with Gasteiger partial charge < -0.3 is 5.11 Å². The SMILES string of the molecule is Cc1cccc(N2C(=O)/C(=C\c3ccccc3C(=O)O)SC2=S)c1. The topological polar surface area (TPSA) is 57.6 Å². The lowest BCUT2D eigenvalue weighted by Gasteiger charge is -2.14. The van der Waals surface area contributed by atoms with Gasteiger partial charge in [0.25, 0.3) is 5.91 Å². The fourth-order valence-corrected chi connectivity index (χ4v) is 3.71. The molecule has 0 spiro atoms. The Morgan fingerprint density at radius 3 is 2.67 bits per heavy atom. The van der Waals surface area contributed by atoms with Gasteiger partial charge in [0.2, 0.25) is 0 Å². The molecule has 120 valence electrons. The summed E-state index contributed by atoms with van der Waals surface area (Å²) in [5, 5.41) is 9.26. The quantitative estimate of drug-likeness (QED) is 0.663. The van der Waals surface area contributed by atoms with Crippen molar-refractivity contribution in [2.45, 2.75) is 6.92 Å². The van der Waals surface area contributed by atoms with E-state index in [1.807, 2.05) is 31.2 Å². The Hall–Kier alpha value is -2.44. The molecule has 0 saturated carbocycles. The fraction of sp³-hybridized carbons (Fsp3) is 0.0556. The molecule has 0 aromatic heterocycles. The number of aromatic carboxylic acids is 1. The first-order chi connectivity index (χ1) is 11.5. The van der Waals surface area contributed by atoms with Crippen molar-refractivity contribution in [3.05, 3.63) is 70.1 Å². The van der Waals surface area contributed by atoms with Gasteiger partial charge in [0.05, 0.1) is 16.2 Å². The summed E-state index contributed by atoms with van der Waals surface area (Å²) in [6.45, 7) is 1.94. The molecule has 2 aromatic carbocycles. The van der Waals surface area contributed by atoms with Crippen LogP contribution in [0.15, 0.2) is 53.4 Å². The van der Waals surface area contributed by atoms with Gasteiger partial charge in [-0.15, -0.1) is 0 Å². The minimum Gasteiger partial charge on any atom is -0.478 e. The Kier molecular flexibility index (Phi) is 4.51. The highest BCUT2D eigenvalue weighted by atomic mass is 32.2. The lowest BCUT2D eigenvalue weighted by molar-refractivity contribution is -0.113. The van der Waals surface area contributed by atoms with Crippen LogP contribution in [0.5, 0.6) is 0 Å². The van der Waals surface area contributed by atoms with E-state index in [4.69, 9.17) is 12.2 Å². The van der Waals surface area contributed by atoms with Crippen LogP contribution in [-0.2, 0) is 4.79 Å². The van der Waals surface area contributed by atoms with E-state index in [0.717, 1.165) is 5.56 Å². The summed E-state index contributed by atoms with van der Waals surface area (Å²) < 4.78 is 0.435. The van der Waals surface area contributed by atoms with Crippen molar-refractivity contribution in [1.82, 2.24) is 0 Å². The molecule has 0 bridgehead atoms. The number of amides is 1. The number of anilines is 1. The minimum atomic E-state index is -1.03. The first kappa shape index (κ1) is 16.4. The summed E-state index contributed by atoms with van der Waals surface area (Å²) in [6.07, 6.45) is 1.58. The van der Waals surface area contributed by atoms with Gasteiger partial charge in [-0.05, 0) is 42.3 Å². The molecule has 3 rings (SSSR count). The van der Waals surface area contributed by atoms with Gasteiger partial charge in [-0.1, -0.05) is 54.3 Å². The van der Waals surface area contributed by atoms with Gasteiger partial charge in [0.1, 0.15) is 0 Å². The third-order valence-electron chi connectivity index (χ3n) is 3.53. The molecular formula is C18H13NO3S2. The van der Waals surface area contributed by atoms with Crippen LogP contribution in [0.3, 0.4) is 0 Å². The maximum Gasteiger partial charge on any atom is 0.336 e. The van der Waals surface area contributed by atoms with Crippen LogP contribution in [0.2, 0.25) is 0 Å². The van der Waals surface area contributed by atoms with Gasteiger partial charge in [-0.2, -0.15) is 0 Å². The molecule has 6 heteroatoms. The standard InChI is InChI=1S/C18H13NO3S2/c1-11-5-4-7-13(9-11)19-16(20)15(24-18(19)23)10-12-6-2-3-8-14(12)17(21)22/h2-10H,1H3,(H,21,22)/b15-10+. The molecule has 1 amide bonds. The number of benzene rings is 2. The number of carboxylic acids is 1. The Balaban J connectivity index is 1.99. The lowest BCUT2D eigenvalue weighted by atomic mass is 10.1. The van der Waals surface area contributed by atoms with E-state index in [2.05, 4.69) is 0 Å². The number of hydrogen-bond donors (Lipinski definition) is 1. The molecule has 24 heavy (non-hydrogen) atoms. The number of thiocarbonyl (C=S) groups is 1. The molecule has 1 N–H and O–H groups in total. The Morgan fingerprint density at radius 1 is 1.21 bits per heavy atom. The zero-order chi connectivity index (χ0) is 17.3. The lowest BCUT2D eigenvalue weighted by Crippen LogP contribution is -2.27. The predicted molar refractivity (Wildman–Crippen MR) is 100 cm³/mol. The molecule has 0 atom stereocenters. The first-order valence-corrected chi connectivity index (χ1v) is 8.37. The highest BCUT2D eigenvalue weighted by Crippen LogP contribution is 2.36. The molecule has 1 heterocycles. The summed E-state index contributed by atoms with van der Waals surface area (Å²) in [5.41, 5.74) is 2.38. The average Bonchev–Trinajstić information content (AvgIpc) is 2.81. The van der Waals surface area contributed by atoms with E-state index in [-0.39, 0.29) is 11.5 Å². The smallest absolute Gasteiger partial charge is 0.336 e. The number of nitrogens with zero attached hydrogens (tertiary/aromatic N) is 1. The van der Waals surface area contributed by atoms with Crippen LogP contribution in [0.25, 0.3) is 6.08 Å². The van der Waals surface area contributed by atoms with Gasteiger partial charge >= 0.3 is 5.97 Å².